The van der Waals surface area contributed by atoms with Gasteiger partial charge in [-0.25, -0.2) is 0 Å². The summed E-state index contributed by atoms with van der Waals surface area (Å²) in [4.78, 5) is 0. The van der Waals surface area contributed by atoms with E-state index in [0.29, 0.717) is 0 Å². The summed E-state index contributed by atoms with van der Waals surface area (Å²) in [5.41, 5.74) is 6.41. The zero-order valence-electron chi connectivity index (χ0n) is 34.0. The standard InChI is InChI=1S/C54H36.C5H8/c1-54(2,3)39-27-48-41-22-20-38(36-18-16-32-10-5-7-12-34(32)24-36)26-45(41)51-29-46-43-14-8-13-42-40-21-19-37(35-17-15-31-9-4-6-11-33(31)23-35)25-44(40)50(52(42)43)30-47(46)49(28-39)53(48)51;1-3-5-4-2/h4-30H,1-3H3;3-5H,1H2,2H3/b;5-4-. The Bertz CT molecular complexity index is 3660. The van der Waals surface area contributed by atoms with E-state index < -0.39 is 0 Å². The van der Waals surface area contributed by atoms with Crippen LogP contribution in [-0.4, -0.2) is 0 Å². The maximum absolute atomic E-state index is 3.46. The van der Waals surface area contributed by atoms with Crippen molar-refractivity contribution in [2.75, 3.05) is 0 Å². The Morgan fingerprint density at radius 2 is 0.763 bits per heavy atom. The molecule has 0 aromatic heterocycles. The highest BCUT2D eigenvalue weighted by Crippen LogP contribution is 2.49. The molecule has 0 aliphatic carbocycles. The van der Waals surface area contributed by atoms with Gasteiger partial charge in [-0.3, -0.25) is 0 Å². The van der Waals surface area contributed by atoms with E-state index in [4.69, 9.17) is 0 Å². The zero-order valence-corrected chi connectivity index (χ0v) is 34.0. The van der Waals surface area contributed by atoms with Crippen LogP contribution in [0.15, 0.2) is 189 Å². The van der Waals surface area contributed by atoms with Crippen LogP contribution in [0.5, 0.6) is 0 Å². The van der Waals surface area contributed by atoms with Crippen molar-refractivity contribution >= 4 is 97.0 Å². The molecule has 0 N–H and O–H groups in total. The molecule has 12 aromatic rings. The first-order valence-corrected chi connectivity index (χ1v) is 20.8. The minimum atomic E-state index is 0.00295. The van der Waals surface area contributed by atoms with Gasteiger partial charge in [-0.15, -0.1) is 0 Å². The number of benzene rings is 10. The van der Waals surface area contributed by atoms with Gasteiger partial charge in [0.15, 0.2) is 0 Å². The van der Waals surface area contributed by atoms with Crippen LogP contribution in [0.4, 0.5) is 0 Å². The van der Waals surface area contributed by atoms with E-state index in [9.17, 15) is 0 Å². The summed E-state index contributed by atoms with van der Waals surface area (Å²) in [5, 5.41) is 23.9. The van der Waals surface area contributed by atoms with Crippen molar-refractivity contribution in [1.82, 2.24) is 0 Å². The Morgan fingerprint density at radius 3 is 1.27 bits per heavy atom. The summed E-state index contributed by atoms with van der Waals surface area (Å²) in [6, 6.07) is 62.2. The summed E-state index contributed by atoms with van der Waals surface area (Å²) >= 11 is 0. The second kappa shape index (κ2) is 13.3. The van der Waals surface area contributed by atoms with Crippen LogP contribution >= 0.6 is 0 Å². The first-order valence-electron chi connectivity index (χ1n) is 20.8. The van der Waals surface area contributed by atoms with Gasteiger partial charge in [-0.05, 0) is 186 Å². The molecular formula is C59H44. The van der Waals surface area contributed by atoms with E-state index in [1.54, 1.807) is 6.08 Å². The first kappa shape index (κ1) is 35.2. The third-order valence-electron chi connectivity index (χ3n) is 12.7. The Hall–Kier alpha value is -7.02. The van der Waals surface area contributed by atoms with E-state index in [1.807, 2.05) is 19.1 Å². The predicted octanol–water partition coefficient (Wildman–Crippen LogP) is 17.3. The Balaban J connectivity index is 0.000000752. The molecule has 280 valence electrons. The summed E-state index contributed by atoms with van der Waals surface area (Å²) in [5.74, 6) is 0. The molecule has 0 bridgehead atoms. The van der Waals surface area contributed by atoms with Gasteiger partial charge >= 0.3 is 0 Å². The Morgan fingerprint density at radius 1 is 0.356 bits per heavy atom. The lowest BCUT2D eigenvalue weighted by Gasteiger charge is -2.21. The topological polar surface area (TPSA) is 0 Å². The summed E-state index contributed by atoms with van der Waals surface area (Å²) in [6.45, 7) is 12.5. The Kier molecular flexibility index (Phi) is 7.91. The van der Waals surface area contributed by atoms with Crippen LogP contribution in [0.25, 0.3) is 119 Å². The minimum absolute atomic E-state index is 0.00295. The molecule has 0 nitrogen and oxygen atoms in total. The van der Waals surface area contributed by atoms with Gasteiger partial charge in [-0.2, -0.15) is 0 Å². The number of fused-ring (bicyclic) bond motifs is 11. The first-order chi connectivity index (χ1) is 28.8. The molecule has 12 aromatic carbocycles. The quantitative estimate of drug-likeness (QED) is 0.125. The molecule has 0 amide bonds. The summed E-state index contributed by atoms with van der Waals surface area (Å²) in [7, 11) is 0. The van der Waals surface area contributed by atoms with Crippen molar-refractivity contribution in [2.24, 2.45) is 0 Å². The van der Waals surface area contributed by atoms with E-state index in [-0.39, 0.29) is 5.41 Å². The van der Waals surface area contributed by atoms with E-state index in [2.05, 4.69) is 191 Å². The average molecular weight is 753 g/mol. The summed E-state index contributed by atoms with van der Waals surface area (Å²) < 4.78 is 0. The van der Waals surface area contributed by atoms with Crippen molar-refractivity contribution in [3.05, 3.63) is 194 Å². The highest BCUT2D eigenvalue weighted by atomic mass is 14.3. The van der Waals surface area contributed by atoms with Crippen molar-refractivity contribution in [3.8, 4) is 22.3 Å². The van der Waals surface area contributed by atoms with Gasteiger partial charge in [0, 0.05) is 0 Å². The molecule has 0 atom stereocenters. The minimum Gasteiger partial charge on any atom is -0.0991 e. The third kappa shape index (κ3) is 5.51. The fourth-order valence-electron chi connectivity index (χ4n) is 9.78. The second-order valence-electron chi connectivity index (χ2n) is 17.3. The zero-order chi connectivity index (χ0) is 40.0. The normalized spacial score (nSPS) is 12.4. The molecule has 59 heavy (non-hydrogen) atoms. The fourth-order valence-corrected chi connectivity index (χ4v) is 9.78. The van der Waals surface area contributed by atoms with E-state index in [0.717, 1.165) is 0 Å². The van der Waals surface area contributed by atoms with Gasteiger partial charge < -0.3 is 0 Å². The SMILES string of the molecule is C=C/C=C\C.CC(C)(C)c1cc2c3ccc(-c4ccc5ccccc5c4)cc3c3cc4c(cc5c6cc(-c7ccc8ccccc8c7)ccc6c6cccc4c65)c(c1)c23. The molecule has 0 unspecified atom stereocenters. The lowest BCUT2D eigenvalue weighted by molar-refractivity contribution is 0.592. The molecule has 12 rings (SSSR count). The van der Waals surface area contributed by atoms with Crippen molar-refractivity contribution in [2.45, 2.75) is 33.1 Å². The van der Waals surface area contributed by atoms with Gasteiger partial charge in [0.1, 0.15) is 0 Å². The molecule has 0 heterocycles. The molecule has 0 fully saturated rings. The molecule has 0 aliphatic rings. The number of rotatable bonds is 3. The van der Waals surface area contributed by atoms with Gasteiger partial charge in [0.2, 0.25) is 0 Å². The highest BCUT2D eigenvalue weighted by Gasteiger charge is 2.23. The predicted molar refractivity (Wildman–Crippen MR) is 261 cm³/mol. The highest BCUT2D eigenvalue weighted by molar-refractivity contribution is 6.41. The fraction of sp³-hybridized carbons (Fsp3) is 0.0847. The van der Waals surface area contributed by atoms with Crippen LogP contribution < -0.4 is 0 Å². The third-order valence-corrected chi connectivity index (χ3v) is 12.7. The van der Waals surface area contributed by atoms with Crippen molar-refractivity contribution in [1.29, 1.82) is 0 Å². The number of hydrogen-bond donors (Lipinski definition) is 0. The largest absolute Gasteiger partial charge is 0.0991 e. The lowest BCUT2D eigenvalue weighted by atomic mass is 9.83. The van der Waals surface area contributed by atoms with Crippen LogP contribution in [0.3, 0.4) is 0 Å². The molecule has 0 saturated heterocycles. The van der Waals surface area contributed by atoms with E-state index >= 15 is 0 Å². The molecule has 0 heteroatoms. The molecule has 0 aliphatic heterocycles. The molecule has 0 radical (unpaired) electrons. The van der Waals surface area contributed by atoms with Gasteiger partial charge in [0.25, 0.3) is 0 Å². The van der Waals surface area contributed by atoms with Crippen LogP contribution in [0, 0.1) is 0 Å². The monoisotopic (exact) mass is 752 g/mol. The lowest BCUT2D eigenvalue weighted by Crippen LogP contribution is -2.10. The van der Waals surface area contributed by atoms with Crippen LogP contribution in [-0.2, 0) is 5.41 Å². The maximum Gasteiger partial charge on any atom is -0.00197 e. The second-order valence-corrected chi connectivity index (χ2v) is 17.3. The Labute approximate surface area is 345 Å². The van der Waals surface area contributed by atoms with Crippen molar-refractivity contribution < 1.29 is 0 Å². The van der Waals surface area contributed by atoms with Crippen LogP contribution in [0.1, 0.15) is 33.3 Å². The summed E-state index contributed by atoms with van der Waals surface area (Å²) in [6.07, 6.45) is 5.58. The number of allylic oxidation sites excluding steroid dienone is 3. The van der Waals surface area contributed by atoms with Gasteiger partial charge in [0.05, 0.1) is 0 Å². The van der Waals surface area contributed by atoms with Crippen molar-refractivity contribution in [3.63, 3.8) is 0 Å². The number of hydrogen-bond acceptors (Lipinski definition) is 0. The smallest absolute Gasteiger partial charge is 0.00197 e. The van der Waals surface area contributed by atoms with Crippen LogP contribution in [0.2, 0.25) is 0 Å². The molecule has 0 saturated carbocycles. The maximum atomic E-state index is 3.46. The van der Waals surface area contributed by atoms with Gasteiger partial charge in [-0.1, -0.05) is 161 Å². The molecular weight excluding hydrogens is 709 g/mol. The van der Waals surface area contributed by atoms with E-state index in [1.165, 1.54) is 125 Å². The average Bonchev–Trinajstić information content (AvgIpc) is 3.76. The molecule has 0 spiro atoms.